The summed E-state index contributed by atoms with van der Waals surface area (Å²) in [5, 5.41) is 6.56. The topological polar surface area (TPSA) is 99.6 Å². The second-order valence-electron chi connectivity index (χ2n) is 12.1. The Bertz CT molecular complexity index is 1550. The molecule has 2 saturated heterocycles. The number of allylic oxidation sites excluding steroid dienone is 1. The van der Waals surface area contributed by atoms with Gasteiger partial charge in [0.1, 0.15) is 5.82 Å². The number of rotatable bonds is 9. The highest BCUT2D eigenvalue weighted by Gasteiger charge is 2.21. The first-order chi connectivity index (χ1) is 21.0. The Morgan fingerprint density at radius 3 is 1.95 bits per heavy atom. The first-order valence-electron chi connectivity index (χ1n) is 15.9. The molecule has 0 radical (unpaired) electrons. The lowest BCUT2D eigenvalue weighted by atomic mass is 10.1. The van der Waals surface area contributed by atoms with E-state index in [-0.39, 0.29) is 17.4 Å². The van der Waals surface area contributed by atoms with Crippen LogP contribution in [0.15, 0.2) is 47.3 Å². The van der Waals surface area contributed by atoms with E-state index in [1.165, 1.54) is 38.5 Å². The van der Waals surface area contributed by atoms with Gasteiger partial charge in [-0.1, -0.05) is 25.0 Å². The quantitative estimate of drug-likeness (QED) is 0.370. The Hall–Kier alpha value is -3.82. The summed E-state index contributed by atoms with van der Waals surface area (Å²) in [6.07, 6.45) is 11.2. The SMILES string of the molecule is O=C(CCN1CCCCC1)Nc1ccc(/C=C2\CCn3c2nc2cc(NC(=O)CCN4CCCCC4)ccc2c3=O)cc1. The van der Waals surface area contributed by atoms with Gasteiger partial charge < -0.3 is 20.4 Å². The molecule has 0 atom stereocenters. The average Bonchev–Trinajstić information content (AvgIpc) is 3.43. The summed E-state index contributed by atoms with van der Waals surface area (Å²) in [7, 11) is 0. The van der Waals surface area contributed by atoms with Crippen molar-refractivity contribution in [2.45, 2.75) is 64.3 Å². The summed E-state index contributed by atoms with van der Waals surface area (Å²) in [4.78, 5) is 48.0. The number of anilines is 2. The van der Waals surface area contributed by atoms with Crippen LogP contribution in [0.25, 0.3) is 22.6 Å². The van der Waals surface area contributed by atoms with Crippen molar-refractivity contribution in [3.8, 4) is 0 Å². The fourth-order valence-electron chi connectivity index (χ4n) is 6.43. The van der Waals surface area contributed by atoms with E-state index in [2.05, 4.69) is 26.5 Å². The normalized spacial score (nSPS) is 18.6. The van der Waals surface area contributed by atoms with E-state index >= 15 is 0 Å². The van der Waals surface area contributed by atoms with Gasteiger partial charge >= 0.3 is 0 Å². The van der Waals surface area contributed by atoms with Crippen molar-refractivity contribution in [2.24, 2.45) is 0 Å². The van der Waals surface area contributed by atoms with Crippen LogP contribution < -0.4 is 16.2 Å². The number of carbonyl (C=O) groups is 2. The van der Waals surface area contributed by atoms with Crippen LogP contribution in [0.1, 0.15) is 69.2 Å². The Kier molecular flexibility index (Phi) is 9.29. The van der Waals surface area contributed by atoms with Crippen LogP contribution in [-0.2, 0) is 16.1 Å². The van der Waals surface area contributed by atoms with Crippen LogP contribution in [0.2, 0.25) is 0 Å². The van der Waals surface area contributed by atoms with E-state index in [9.17, 15) is 14.4 Å². The van der Waals surface area contributed by atoms with Crippen molar-refractivity contribution in [1.29, 1.82) is 0 Å². The van der Waals surface area contributed by atoms with Gasteiger partial charge in [0, 0.05) is 43.9 Å². The van der Waals surface area contributed by atoms with Gasteiger partial charge in [0.05, 0.1) is 10.9 Å². The molecular formula is C34H42N6O3. The third kappa shape index (κ3) is 7.40. The van der Waals surface area contributed by atoms with E-state index in [1.54, 1.807) is 22.8 Å². The largest absolute Gasteiger partial charge is 0.326 e. The number of nitrogens with one attached hydrogen (secondary N) is 2. The lowest BCUT2D eigenvalue weighted by Crippen LogP contribution is -2.32. The smallest absolute Gasteiger partial charge is 0.261 e. The molecular weight excluding hydrogens is 540 g/mol. The van der Waals surface area contributed by atoms with Gasteiger partial charge in [0.25, 0.3) is 5.56 Å². The van der Waals surface area contributed by atoms with Crippen LogP contribution >= 0.6 is 0 Å². The van der Waals surface area contributed by atoms with Crippen LogP contribution in [0, 0.1) is 0 Å². The van der Waals surface area contributed by atoms with Gasteiger partial charge in [-0.05, 0) is 106 Å². The number of hydrogen-bond acceptors (Lipinski definition) is 6. The van der Waals surface area contributed by atoms with Gasteiger partial charge in [0.15, 0.2) is 0 Å². The number of carbonyl (C=O) groups excluding carboxylic acids is 2. The van der Waals surface area contributed by atoms with Crippen LogP contribution in [0.3, 0.4) is 0 Å². The molecule has 43 heavy (non-hydrogen) atoms. The number of amides is 2. The first kappa shape index (κ1) is 29.3. The summed E-state index contributed by atoms with van der Waals surface area (Å²) in [5.74, 6) is 0.681. The van der Waals surface area contributed by atoms with E-state index < -0.39 is 0 Å². The van der Waals surface area contributed by atoms with Crippen LogP contribution in [0.4, 0.5) is 11.4 Å². The molecule has 0 unspecified atom stereocenters. The van der Waals surface area contributed by atoms with Crippen molar-refractivity contribution in [2.75, 3.05) is 49.9 Å². The fourth-order valence-corrected chi connectivity index (χ4v) is 6.43. The van der Waals surface area contributed by atoms with Crippen molar-refractivity contribution in [3.63, 3.8) is 0 Å². The van der Waals surface area contributed by atoms with Crippen LogP contribution in [-0.4, -0.2) is 70.4 Å². The van der Waals surface area contributed by atoms with Gasteiger partial charge in [-0.2, -0.15) is 0 Å². The fraction of sp³-hybridized carbons (Fsp3) is 0.471. The maximum atomic E-state index is 13.3. The molecule has 2 N–H and O–H groups in total. The molecule has 1 aromatic heterocycles. The molecule has 9 heteroatoms. The molecule has 0 bridgehead atoms. The second-order valence-corrected chi connectivity index (χ2v) is 12.1. The zero-order valence-electron chi connectivity index (χ0n) is 24.9. The van der Waals surface area contributed by atoms with Gasteiger partial charge in [-0.15, -0.1) is 0 Å². The highest BCUT2D eigenvalue weighted by Crippen LogP contribution is 2.28. The molecule has 0 saturated carbocycles. The number of hydrogen-bond donors (Lipinski definition) is 2. The van der Waals surface area contributed by atoms with Gasteiger partial charge in [-0.3, -0.25) is 19.0 Å². The molecule has 226 valence electrons. The third-order valence-corrected chi connectivity index (χ3v) is 8.87. The van der Waals surface area contributed by atoms with Gasteiger partial charge in [-0.25, -0.2) is 4.98 Å². The zero-order chi connectivity index (χ0) is 29.6. The lowest BCUT2D eigenvalue weighted by molar-refractivity contribution is -0.117. The van der Waals surface area contributed by atoms with E-state index in [0.29, 0.717) is 48.2 Å². The summed E-state index contributed by atoms with van der Waals surface area (Å²) in [6, 6.07) is 13.1. The molecule has 2 fully saturated rings. The molecule has 2 amide bonds. The minimum atomic E-state index is -0.0611. The lowest BCUT2D eigenvalue weighted by Gasteiger charge is -2.25. The Morgan fingerprint density at radius 2 is 1.33 bits per heavy atom. The molecule has 2 aromatic carbocycles. The van der Waals surface area contributed by atoms with E-state index in [1.807, 2.05) is 24.3 Å². The molecule has 3 aliphatic rings. The second kappa shape index (κ2) is 13.7. The number of nitrogens with zero attached hydrogens (tertiary/aromatic N) is 4. The van der Waals surface area contributed by atoms with Crippen molar-refractivity contribution in [1.82, 2.24) is 19.4 Å². The van der Waals surface area contributed by atoms with E-state index in [4.69, 9.17) is 4.98 Å². The van der Waals surface area contributed by atoms with Gasteiger partial charge in [0.2, 0.25) is 11.8 Å². The highest BCUT2D eigenvalue weighted by atomic mass is 16.2. The Labute approximate surface area is 253 Å². The Morgan fingerprint density at radius 1 is 0.744 bits per heavy atom. The minimum Gasteiger partial charge on any atom is -0.326 e. The first-order valence-corrected chi connectivity index (χ1v) is 15.9. The maximum absolute atomic E-state index is 13.3. The molecule has 6 rings (SSSR count). The monoisotopic (exact) mass is 582 g/mol. The van der Waals surface area contributed by atoms with Crippen molar-refractivity contribution in [3.05, 3.63) is 64.2 Å². The standard InChI is InChI=1S/C34H42N6O3/c41-31(14-20-38-16-3-1-4-17-38)35-27-9-7-25(8-10-27)23-26-13-22-40-33(26)37-30-24-28(11-12-29(30)34(40)43)36-32(42)15-21-39-18-5-2-6-19-39/h7-12,23-24H,1-6,13-22H2,(H,35,41)(H,36,42)/b26-23+. The number of benzene rings is 2. The summed E-state index contributed by atoms with van der Waals surface area (Å²) in [5.41, 5.74) is 3.94. The number of aromatic nitrogens is 2. The molecule has 3 aromatic rings. The summed E-state index contributed by atoms with van der Waals surface area (Å²) >= 11 is 0. The zero-order valence-corrected chi connectivity index (χ0v) is 24.9. The highest BCUT2D eigenvalue weighted by molar-refractivity contribution is 5.94. The molecule has 9 nitrogen and oxygen atoms in total. The predicted molar refractivity (Wildman–Crippen MR) is 172 cm³/mol. The average molecular weight is 583 g/mol. The summed E-state index contributed by atoms with van der Waals surface area (Å²) < 4.78 is 1.74. The molecule has 0 aliphatic carbocycles. The maximum Gasteiger partial charge on any atom is 0.261 e. The molecule has 4 heterocycles. The number of likely N-dealkylation sites (tertiary alicyclic amines) is 2. The van der Waals surface area contributed by atoms with Crippen LogP contribution in [0.5, 0.6) is 0 Å². The molecule has 3 aliphatic heterocycles. The minimum absolute atomic E-state index is 0.0231. The van der Waals surface area contributed by atoms with Crippen molar-refractivity contribution >= 4 is 45.7 Å². The van der Waals surface area contributed by atoms with Crippen molar-refractivity contribution < 1.29 is 9.59 Å². The predicted octanol–water partition coefficient (Wildman–Crippen LogP) is 4.97. The number of piperidine rings is 2. The Balaban J connectivity index is 1.10. The third-order valence-electron chi connectivity index (χ3n) is 8.87. The molecule has 0 spiro atoms. The summed E-state index contributed by atoms with van der Waals surface area (Å²) in [6.45, 7) is 6.48. The number of fused-ring (bicyclic) bond motifs is 2. The van der Waals surface area contributed by atoms with E-state index in [0.717, 1.165) is 56.1 Å².